The van der Waals surface area contributed by atoms with E-state index in [4.69, 9.17) is 4.98 Å². The number of rotatable bonds is 4. The highest BCUT2D eigenvalue weighted by Gasteiger charge is 2.36. The quantitative estimate of drug-likeness (QED) is 0.168. The lowest BCUT2D eigenvalue weighted by Crippen LogP contribution is -2.14. The second kappa shape index (κ2) is 11.6. The predicted octanol–water partition coefficient (Wildman–Crippen LogP) is 13.8. The molecule has 1 heterocycles. The summed E-state index contributed by atoms with van der Waals surface area (Å²) in [5, 5.41) is 7.54. The van der Waals surface area contributed by atoms with Crippen LogP contribution in [-0.2, 0) is 5.41 Å². The maximum atomic E-state index is 5.25. The summed E-state index contributed by atoms with van der Waals surface area (Å²) in [6.45, 7) is 4.76. The minimum Gasteiger partial charge on any atom is -0.292 e. The molecule has 1 aromatic heterocycles. The van der Waals surface area contributed by atoms with E-state index in [1.165, 1.54) is 76.8 Å². The van der Waals surface area contributed by atoms with Crippen LogP contribution in [0, 0.1) is 0 Å². The summed E-state index contributed by atoms with van der Waals surface area (Å²) in [6.07, 6.45) is 0. The smallest absolute Gasteiger partial charge is 0.145 e. The molecule has 0 amide bonds. The first-order valence-corrected chi connectivity index (χ1v) is 18.8. The van der Waals surface area contributed by atoms with Gasteiger partial charge in [0.05, 0.1) is 11.0 Å². The summed E-state index contributed by atoms with van der Waals surface area (Å²) in [7, 11) is 0. The van der Waals surface area contributed by atoms with E-state index in [0.717, 1.165) is 28.1 Å². The number of nitrogens with zero attached hydrogens (tertiary/aromatic N) is 2. The van der Waals surface area contributed by atoms with E-state index in [9.17, 15) is 0 Å². The predicted molar refractivity (Wildman–Crippen MR) is 227 cm³/mol. The molecule has 0 aliphatic heterocycles. The molecular weight excluding hydrogens is 653 g/mol. The number of hydrogen-bond donors (Lipinski definition) is 0. The van der Waals surface area contributed by atoms with Crippen LogP contribution >= 0.6 is 0 Å². The van der Waals surface area contributed by atoms with E-state index in [-0.39, 0.29) is 5.41 Å². The number of fused-ring (bicyclic) bond motifs is 7. The molecule has 0 fully saturated rings. The monoisotopic (exact) mass is 688 g/mol. The average molecular weight is 689 g/mol. The molecule has 254 valence electrons. The third-order valence-electron chi connectivity index (χ3n) is 11.7. The standard InChI is InChI=1S/C52H36N2/c1-52(2)45-24-11-10-21-39(45)42-31-43-44(32-46(42)52)49(40-22-8-9-23-41(40)50(43)36-28-27-33-15-6-7-16-34(33)29-36)35-17-14-18-37(30-35)51-53-47-25-12-13-26-48(47)54(51)38-19-4-3-5-20-38/h3-32H,1-2H3. The van der Waals surface area contributed by atoms with Gasteiger partial charge in [0.1, 0.15) is 5.82 Å². The third-order valence-corrected chi connectivity index (χ3v) is 11.7. The average Bonchev–Trinajstić information content (AvgIpc) is 3.72. The van der Waals surface area contributed by atoms with Gasteiger partial charge in [-0.05, 0) is 125 Å². The number of para-hydroxylation sites is 3. The largest absolute Gasteiger partial charge is 0.292 e. The van der Waals surface area contributed by atoms with Crippen LogP contribution in [0.5, 0.6) is 0 Å². The van der Waals surface area contributed by atoms with Crippen molar-refractivity contribution in [2.75, 3.05) is 0 Å². The Morgan fingerprint density at radius 1 is 0.426 bits per heavy atom. The molecule has 9 aromatic carbocycles. The summed E-state index contributed by atoms with van der Waals surface area (Å²) < 4.78 is 2.29. The van der Waals surface area contributed by atoms with Gasteiger partial charge in [0.2, 0.25) is 0 Å². The van der Waals surface area contributed by atoms with Crippen molar-refractivity contribution in [1.29, 1.82) is 0 Å². The fourth-order valence-electron chi connectivity index (χ4n) is 9.21. The fourth-order valence-corrected chi connectivity index (χ4v) is 9.21. The van der Waals surface area contributed by atoms with Crippen molar-refractivity contribution in [3.8, 4) is 50.5 Å². The highest BCUT2D eigenvalue weighted by molar-refractivity contribution is 6.23. The zero-order valence-corrected chi connectivity index (χ0v) is 30.2. The van der Waals surface area contributed by atoms with Crippen molar-refractivity contribution in [2.24, 2.45) is 0 Å². The van der Waals surface area contributed by atoms with E-state index >= 15 is 0 Å². The minimum absolute atomic E-state index is 0.130. The second-order valence-electron chi connectivity index (χ2n) is 15.1. The lowest BCUT2D eigenvalue weighted by molar-refractivity contribution is 0.661. The topological polar surface area (TPSA) is 17.8 Å². The molecule has 1 aliphatic carbocycles. The van der Waals surface area contributed by atoms with Gasteiger partial charge < -0.3 is 0 Å². The van der Waals surface area contributed by atoms with Gasteiger partial charge in [-0.15, -0.1) is 0 Å². The maximum Gasteiger partial charge on any atom is 0.145 e. The summed E-state index contributed by atoms with van der Waals surface area (Å²) in [5.74, 6) is 0.933. The summed E-state index contributed by atoms with van der Waals surface area (Å²) >= 11 is 0. The van der Waals surface area contributed by atoms with Gasteiger partial charge >= 0.3 is 0 Å². The summed E-state index contributed by atoms with van der Waals surface area (Å²) in [5.41, 5.74) is 14.5. The summed E-state index contributed by atoms with van der Waals surface area (Å²) in [6, 6.07) is 66.7. The Kier molecular flexibility index (Phi) is 6.63. The molecule has 1 aliphatic rings. The molecule has 0 saturated carbocycles. The second-order valence-corrected chi connectivity index (χ2v) is 15.1. The number of benzene rings is 9. The van der Waals surface area contributed by atoms with Gasteiger partial charge in [0, 0.05) is 16.7 Å². The molecule has 10 aromatic rings. The molecule has 0 radical (unpaired) electrons. The zero-order valence-electron chi connectivity index (χ0n) is 30.2. The Hall–Kier alpha value is -6.77. The third kappa shape index (κ3) is 4.50. The molecule has 54 heavy (non-hydrogen) atoms. The highest BCUT2D eigenvalue weighted by atomic mass is 15.1. The Labute approximate surface area is 314 Å². The maximum absolute atomic E-state index is 5.25. The van der Waals surface area contributed by atoms with Crippen molar-refractivity contribution in [2.45, 2.75) is 19.3 Å². The van der Waals surface area contributed by atoms with Crippen LogP contribution in [0.2, 0.25) is 0 Å². The molecule has 11 rings (SSSR count). The molecule has 0 atom stereocenters. The van der Waals surface area contributed by atoms with Crippen molar-refractivity contribution in [3.63, 3.8) is 0 Å². The summed E-state index contributed by atoms with van der Waals surface area (Å²) in [4.78, 5) is 5.25. The van der Waals surface area contributed by atoms with E-state index < -0.39 is 0 Å². The zero-order chi connectivity index (χ0) is 36.0. The van der Waals surface area contributed by atoms with Crippen LogP contribution in [0.15, 0.2) is 182 Å². The molecule has 0 spiro atoms. The van der Waals surface area contributed by atoms with Crippen LogP contribution in [0.25, 0.3) is 93.8 Å². The first kappa shape index (κ1) is 30.8. The van der Waals surface area contributed by atoms with Gasteiger partial charge in [-0.3, -0.25) is 4.57 Å². The fraction of sp³-hybridized carbons (Fsp3) is 0.0577. The van der Waals surface area contributed by atoms with Gasteiger partial charge in [0.25, 0.3) is 0 Å². The lowest BCUT2D eigenvalue weighted by atomic mass is 9.79. The normalized spacial score (nSPS) is 13.1. The number of hydrogen-bond acceptors (Lipinski definition) is 1. The van der Waals surface area contributed by atoms with Crippen LogP contribution < -0.4 is 0 Å². The first-order chi connectivity index (χ1) is 26.5. The number of imidazole rings is 1. The highest BCUT2D eigenvalue weighted by Crippen LogP contribution is 2.53. The Balaban J connectivity index is 1.24. The Morgan fingerprint density at radius 2 is 1.07 bits per heavy atom. The van der Waals surface area contributed by atoms with Crippen molar-refractivity contribution in [1.82, 2.24) is 9.55 Å². The van der Waals surface area contributed by atoms with Gasteiger partial charge in [-0.2, -0.15) is 0 Å². The van der Waals surface area contributed by atoms with Crippen LogP contribution in [0.4, 0.5) is 0 Å². The van der Waals surface area contributed by atoms with Crippen molar-refractivity contribution < 1.29 is 0 Å². The molecule has 0 N–H and O–H groups in total. The Morgan fingerprint density at radius 3 is 1.91 bits per heavy atom. The Bertz CT molecular complexity index is 3130. The number of aromatic nitrogens is 2. The minimum atomic E-state index is -0.130. The van der Waals surface area contributed by atoms with Crippen molar-refractivity contribution in [3.05, 3.63) is 193 Å². The van der Waals surface area contributed by atoms with E-state index in [1.807, 2.05) is 0 Å². The molecule has 0 bridgehead atoms. The van der Waals surface area contributed by atoms with Crippen LogP contribution in [0.1, 0.15) is 25.0 Å². The van der Waals surface area contributed by atoms with Gasteiger partial charge in [-0.25, -0.2) is 4.98 Å². The van der Waals surface area contributed by atoms with Crippen LogP contribution in [-0.4, -0.2) is 9.55 Å². The van der Waals surface area contributed by atoms with Crippen molar-refractivity contribution >= 4 is 43.4 Å². The molecule has 2 nitrogen and oxygen atoms in total. The SMILES string of the molecule is CC1(C)c2ccccc2-c2cc3c(-c4ccc5ccccc5c4)c4ccccc4c(-c4cccc(-c5nc6ccccc6n5-c5ccccc5)c4)c3cc21. The molecule has 0 unspecified atom stereocenters. The van der Waals surface area contributed by atoms with Gasteiger partial charge in [0.15, 0.2) is 0 Å². The van der Waals surface area contributed by atoms with E-state index in [2.05, 4.69) is 200 Å². The first-order valence-electron chi connectivity index (χ1n) is 18.8. The molecule has 2 heteroatoms. The van der Waals surface area contributed by atoms with E-state index in [1.54, 1.807) is 0 Å². The molecular formula is C52H36N2. The van der Waals surface area contributed by atoms with E-state index in [0.29, 0.717) is 0 Å². The van der Waals surface area contributed by atoms with Gasteiger partial charge in [-0.1, -0.05) is 147 Å². The van der Waals surface area contributed by atoms with Crippen LogP contribution in [0.3, 0.4) is 0 Å². The molecule has 0 saturated heterocycles. The lowest BCUT2D eigenvalue weighted by Gasteiger charge is -2.24.